The fourth-order valence-electron chi connectivity index (χ4n) is 2.51. The van der Waals surface area contributed by atoms with Crippen LogP contribution in [0.5, 0.6) is 5.75 Å². The van der Waals surface area contributed by atoms with Gasteiger partial charge in [0.15, 0.2) is 0 Å². The smallest absolute Gasteiger partial charge is 0.127 e. The molecule has 5 heteroatoms. The summed E-state index contributed by atoms with van der Waals surface area (Å²) >= 11 is 0. The summed E-state index contributed by atoms with van der Waals surface area (Å²) < 4.78 is 0. The number of aromatic nitrogens is 3. The highest BCUT2D eigenvalue weighted by Crippen LogP contribution is 2.39. The van der Waals surface area contributed by atoms with Crippen LogP contribution in [0.2, 0.25) is 0 Å². The lowest BCUT2D eigenvalue weighted by Crippen LogP contribution is -2.11. The third kappa shape index (κ3) is 2.20. The predicted octanol–water partition coefficient (Wildman–Crippen LogP) is 3.34. The van der Waals surface area contributed by atoms with E-state index in [4.69, 9.17) is 0 Å². The van der Waals surface area contributed by atoms with Crippen LogP contribution < -0.4 is 0 Å². The molecule has 0 aliphatic rings. The van der Waals surface area contributed by atoms with E-state index < -0.39 is 0 Å². The predicted molar refractivity (Wildman–Crippen MR) is 80.5 cm³/mol. The second-order valence-corrected chi connectivity index (χ2v) is 6.09. The summed E-state index contributed by atoms with van der Waals surface area (Å²) in [5.41, 5.74) is 3.28. The summed E-state index contributed by atoms with van der Waals surface area (Å²) in [5.74, 6) is 0.241. The normalized spacial score (nSPS) is 12.0. The first kappa shape index (κ1) is 13.4. The number of hydrogen-bond acceptors (Lipinski definition) is 4. The van der Waals surface area contributed by atoms with Crippen molar-refractivity contribution in [3.63, 3.8) is 0 Å². The number of para-hydroxylation sites is 1. The van der Waals surface area contributed by atoms with Crippen LogP contribution in [-0.2, 0) is 5.41 Å². The summed E-state index contributed by atoms with van der Waals surface area (Å²) in [4.78, 5) is 0.554. The minimum atomic E-state index is -0.164. The van der Waals surface area contributed by atoms with Gasteiger partial charge in [0.25, 0.3) is 0 Å². The average molecular weight is 283 g/mol. The number of phenols is 1. The maximum atomic E-state index is 10.6. The fraction of sp³-hybridized carbons (Fsp3) is 0.250. The van der Waals surface area contributed by atoms with Gasteiger partial charge in [0.05, 0.1) is 0 Å². The summed E-state index contributed by atoms with van der Waals surface area (Å²) in [6.45, 7) is 6.16. The summed E-state index contributed by atoms with van der Waals surface area (Å²) in [5, 5.41) is 27.9. The van der Waals surface area contributed by atoms with E-state index in [1.165, 1.54) is 0 Å². The van der Waals surface area contributed by atoms with Gasteiger partial charge < -0.3 is 10.3 Å². The lowest BCUT2D eigenvalue weighted by molar-refractivity contribution is 0.113. The van der Waals surface area contributed by atoms with Crippen molar-refractivity contribution in [1.82, 2.24) is 15.2 Å². The van der Waals surface area contributed by atoms with Crippen molar-refractivity contribution < 1.29 is 10.3 Å². The van der Waals surface area contributed by atoms with E-state index in [0.717, 1.165) is 11.1 Å². The molecular formula is C16H17N3O2. The Morgan fingerprint density at radius 2 is 1.62 bits per heavy atom. The number of hydrogen-bond donors (Lipinski definition) is 2. The SMILES string of the molecule is CC(C)(C)c1cccc(-c2cccc3nn(O)nc23)c1O. The molecule has 2 aromatic carbocycles. The molecule has 3 aromatic rings. The highest BCUT2D eigenvalue weighted by Gasteiger charge is 2.21. The number of benzene rings is 2. The van der Waals surface area contributed by atoms with Crippen LogP contribution >= 0.6 is 0 Å². The average Bonchev–Trinajstić information content (AvgIpc) is 2.77. The zero-order valence-corrected chi connectivity index (χ0v) is 12.2. The second kappa shape index (κ2) is 4.48. The van der Waals surface area contributed by atoms with Gasteiger partial charge in [-0.05, 0) is 22.0 Å². The maximum Gasteiger partial charge on any atom is 0.127 e. The Morgan fingerprint density at radius 3 is 2.33 bits per heavy atom. The van der Waals surface area contributed by atoms with Crippen LogP contribution in [0.1, 0.15) is 26.3 Å². The lowest BCUT2D eigenvalue weighted by atomic mass is 9.84. The van der Waals surface area contributed by atoms with Crippen molar-refractivity contribution in [2.24, 2.45) is 0 Å². The number of aromatic hydroxyl groups is 1. The first-order valence-corrected chi connectivity index (χ1v) is 6.76. The monoisotopic (exact) mass is 283 g/mol. The Morgan fingerprint density at radius 1 is 0.952 bits per heavy atom. The van der Waals surface area contributed by atoms with Crippen molar-refractivity contribution in [1.29, 1.82) is 0 Å². The van der Waals surface area contributed by atoms with Gasteiger partial charge in [-0.15, -0.1) is 10.2 Å². The van der Waals surface area contributed by atoms with Crippen molar-refractivity contribution >= 4 is 11.0 Å². The molecule has 0 aliphatic heterocycles. The van der Waals surface area contributed by atoms with Gasteiger partial charge in [-0.3, -0.25) is 0 Å². The summed E-state index contributed by atoms with van der Waals surface area (Å²) in [6.07, 6.45) is 0. The Balaban J connectivity index is 2.29. The van der Waals surface area contributed by atoms with Gasteiger partial charge >= 0.3 is 0 Å². The van der Waals surface area contributed by atoms with Crippen LogP contribution in [-0.4, -0.2) is 25.5 Å². The van der Waals surface area contributed by atoms with Crippen molar-refractivity contribution in [3.8, 4) is 16.9 Å². The molecule has 0 fully saturated rings. The number of nitrogens with zero attached hydrogens (tertiary/aromatic N) is 3. The molecule has 0 spiro atoms. The highest BCUT2D eigenvalue weighted by molar-refractivity contribution is 5.93. The molecule has 0 bridgehead atoms. The van der Waals surface area contributed by atoms with E-state index in [9.17, 15) is 10.3 Å². The van der Waals surface area contributed by atoms with Crippen LogP contribution in [0.25, 0.3) is 22.2 Å². The topological polar surface area (TPSA) is 71.2 Å². The van der Waals surface area contributed by atoms with E-state index in [2.05, 4.69) is 31.0 Å². The standard InChI is InChI=1S/C16H17N3O2/c1-16(2,3)12-8-4-7-11(15(12)20)10-6-5-9-13-14(10)18-19(21)17-13/h4-9,20-21H,1-3H3. The van der Waals surface area contributed by atoms with E-state index in [-0.39, 0.29) is 11.2 Å². The molecule has 0 saturated carbocycles. The van der Waals surface area contributed by atoms with Crippen LogP contribution in [0.15, 0.2) is 36.4 Å². The highest BCUT2D eigenvalue weighted by atomic mass is 16.5. The molecule has 0 saturated heterocycles. The largest absolute Gasteiger partial charge is 0.507 e. The second-order valence-electron chi connectivity index (χ2n) is 6.09. The lowest BCUT2D eigenvalue weighted by Gasteiger charge is -2.22. The van der Waals surface area contributed by atoms with E-state index >= 15 is 0 Å². The van der Waals surface area contributed by atoms with E-state index in [1.807, 2.05) is 30.3 Å². The van der Waals surface area contributed by atoms with Gasteiger partial charge in [0.1, 0.15) is 16.8 Å². The Hall–Kier alpha value is -2.56. The molecule has 0 unspecified atom stereocenters. The number of fused-ring (bicyclic) bond motifs is 1. The van der Waals surface area contributed by atoms with Gasteiger partial charge in [-0.25, -0.2) is 0 Å². The van der Waals surface area contributed by atoms with E-state index in [0.29, 0.717) is 21.6 Å². The van der Waals surface area contributed by atoms with Crippen LogP contribution in [0.4, 0.5) is 0 Å². The molecule has 0 radical (unpaired) electrons. The summed E-state index contributed by atoms with van der Waals surface area (Å²) in [7, 11) is 0. The zero-order chi connectivity index (χ0) is 15.2. The molecule has 108 valence electrons. The Kier molecular flexibility index (Phi) is 2.86. The minimum Gasteiger partial charge on any atom is -0.507 e. The van der Waals surface area contributed by atoms with Crippen molar-refractivity contribution in [2.75, 3.05) is 0 Å². The van der Waals surface area contributed by atoms with Crippen molar-refractivity contribution in [2.45, 2.75) is 26.2 Å². The van der Waals surface area contributed by atoms with Gasteiger partial charge in [-0.2, -0.15) is 0 Å². The Labute approximate surface area is 122 Å². The van der Waals surface area contributed by atoms with E-state index in [1.54, 1.807) is 6.07 Å². The quantitative estimate of drug-likeness (QED) is 0.672. The van der Waals surface area contributed by atoms with Gasteiger partial charge in [0, 0.05) is 11.1 Å². The zero-order valence-electron chi connectivity index (χ0n) is 12.2. The van der Waals surface area contributed by atoms with Crippen LogP contribution in [0.3, 0.4) is 0 Å². The number of rotatable bonds is 1. The molecule has 5 nitrogen and oxygen atoms in total. The first-order chi connectivity index (χ1) is 9.88. The van der Waals surface area contributed by atoms with Crippen LogP contribution in [0, 0.1) is 0 Å². The maximum absolute atomic E-state index is 10.6. The Bertz CT molecular complexity index is 816. The summed E-state index contributed by atoms with van der Waals surface area (Å²) in [6, 6.07) is 11.1. The third-order valence-electron chi connectivity index (χ3n) is 3.54. The third-order valence-corrected chi connectivity index (χ3v) is 3.54. The first-order valence-electron chi connectivity index (χ1n) is 6.76. The minimum absolute atomic E-state index is 0.164. The number of phenolic OH excluding ortho intramolecular Hbond substituents is 1. The molecule has 1 heterocycles. The molecular weight excluding hydrogens is 266 g/mol. The fourth-order valence-corrected chi connectivity index (χ4v) is 2.51. The molecule has 2 N–H and O–H groups in total. The van der Waals surface area contributed by atoms with Gasteiger partial charge in [-0.1, -0.05) is 51.1 Å². The molecule has 1 aromatic heterocycles. The molecule has 0 atom stereocenters. The van der Waals surface area contributed by atoms with Crippen molar-refractivity contribution in [3.05, 3.63) is 42.0 Å². The van der Waals surface area contributed by atoms with Gasteiger partial charge in [0.2, 0.25) is 0 Å². The molecule has 0 aliphatic carbocycles. The molecule has 0 amide bonds. The molecule has 21 heavy (non-hydrogen) atoms. The molecule has 3 rings (SSSR count).